The molecule has 0 bridgehead atoms. The number of hydrogen-bond acceptors (Lipinski definition) is 2. The van der Waals surface area contributed by atoms with Crippen LogP contribution in [0.5, 0.6) is 0 Å². The number of carbonyl (C=O) groups is 1. The Morgan fingerprint density at radius 3 is 2.10 bits per heavy atom. The van der Waals surface area contributed by atoms with Gasteiger partial charge in [0.15, 0.2) is 0 Å². The maximum Gasteiger partial charge on any atom is 0.416 e. The topological polar surface area (TPSA) is 29.1 Å². The van der Waals surface area contributed by atoms with Crippen LogP contribution in [0, 0.1) is 0 Å². The summed E-state index contributed by atoms with van der Waals surface area (Å²) < 4.78 is 79.0. The maximum absolute atomic E-state index is 13.0. The van der Waals surface area contributed by atoms with Crippen molar-refractivity contribution in [1.82, 2.24) is 0 Å². The van der Waals surface area contributed by atoms with E-state index in [0.717, 1.165) is 33.4 Å². The van der Waals surface area contributed by atoms with Gasteiger partial charge in [-0.1, -0.05) is 31.5 Å². The molecule has 0 saturated carbocycles. The molecule has 3 rings (SSSR count). The molecule has 3 aromatic rings. The predicted octanol–water partition coefficient (Wildman–Crippen LogP) is 7.14. The Labute approximate surface area is 166 Å². The average Bonchev–Trinajstić information content (AvgIpc) is 2.99. The van der Waals surface area contributed by atoms with Gasteiger partial charge in [-0.3, -0.25) is 4.79 Å². The molecule has 154 valence electrons. The van der Waals surface area contributed by atoms with Crippen LogP contribution in [-0.2, 0) is 18.8 Å². The Balaban J connectivity index is 2.03. The van der Waals surface area contributed by atoms with Gasteiger partial charge in [-0.25, -0.2) is 0 Å². The Morgan fingerprint density at radius 2 is 1.55 bits per heavy atom. The van der Waals surface area contributed by atoms with Gasteiger partial charge in [0, 0.05) is 10.4 Å². The Kier molecular flexibility index (Phi) is 5.62. The highest BCUT2D eigenvalue weighted by Gasteiger charge is 2.37. The van der Waals surface area contributed by atoms with E-state index in [2.05, 4.69) is 5.32 Å². The Hall–Kier alpha value is -2.55. The molecule has 0 atom stereocenters. The van der Waals surface area contributed by atoms with Crippen molar-refractivity contribution in [3.8, 4) is 0 Å². The predicted molar refractivity (Wildman–Crippen MR) is 100 cm³/mol. The molecular weight excluding hydrogens is 416 g/mol. The molecule has 2 aromatic carbocycles. The molecule has 0 fully saturated rings. The van der Waals surface area contributed by atoms with Crippen LogP contribution < -0.4 is 5.32 Å². The first-order valence-corrected chi connectivity index (χ1v) is 9.43. The summed E-state index contributed by atoms with van der Waals surface area (Å²) in [5.41, 5.74) is -2.79. The second-order valence-electron chi connectivity index (χ2n) is 6.40. The fourth-order valence-corrected chi connectivity index (χ4v) is 4.14. The van der Waals surface area contributed by atoms with Gasteiger partial charge >= 0.3 is 12.4 Å². The molecule has 2 nitrogen and oxygen atoms in total. The number of benzene rings is 2. The standard InChI is InChI=1S/C20H15F6NOS/c1-2-5-15-14-6-3-4-7-16(14)29-17(15)18(28)27-13-9-11(19(21,22)23)8-12(10-13)20(24,25)26/h3-4,6-10H,2,5H2,1H3,(H,27,28). The molecular formula is C20H15F6NOS. The third-order valence-corrected chi connectivity index (χ3v) is 5.46. The van der Waals surface area contributed by atoms with Crippen LogP contribution in [0.15, 0.2) is 42.5 Å². The van der Waals surface area contributed by atoms with Crippen molar-refractivity contribution in [2.24, 2.45) is 0 Å². The zero-order valence-corrected chi connectivity index (χ0v) is 15.9. The molecule has 1 heterocycles. The van der Waals surface area contributed by atoms with Crippen molar-refractivity contribution >= 4 is 33.0 Å². The summed E-state index contributed by atoms with van der Waals surface area (Å²) in [5.74, 6) is -0.734. The minimum absolute atomic E-state index is 0.0254. The monoisotopic (exact) mass is 431 g/mol. The lowest BCUT2D eigenvalue weighted by molar-refractivity contribution is -0.143. The lowest BCUT2D eigenvalue weighted by Crippen LogP contribution is -2.16. The van der Waals surface area contributed by atoms with E-state index in [1.165, 1.54) is 0 Å². The Morgan fingerprint density at radius 1 is 0.966 bits per heavy atom. The summed E-state index contributed by atoms with van der Waals surface area (Å²) in [6, 6.07) is 8.26. The summed E-state index contributed by atoms with van der Waals surface area (Å²) >= 11 is 1.15. The first-order valence-electron chi connectivity index (χ1n) is 8.62. The number of thiophene rings is 1. The molecule has 0 aliphatic rings. The normalized spacial score (nSPS) is 12.4. The zero-order chi connectivity index (χ0) is 21.4. The summed E-state index contributed by atoms with van der Waals surface area (Å²) in [6.07, 6.45) is -8.68. The van der Waals surface area contributed by atoms with E-state index in [1.807, 2.05) is 19.1 Å². The van der Waals surface area contributed by atoms with Crippen molar-refractivity contribution in [2.75, 3.05) is 5.32 Å². The van der Waals surface area contributed by atoms with Crippen LogP contribution in [0.2, 0.25) is 0 Å². The molecule has 29 heavy (non-hydrogen) atoms. The third kappa shape index (κ3) is 4.55. The number of rotatable bonds is 4. The number of halogens is 6. The van der Waals surface area contributed by atoms with E-state index in [-0.39, 0.29) is 10.9 Å². The molecule has 0 spiro atoms. The molecule has 1 aromatic heterocycles. The number of fused-ring (bicyclic) bond motifs is 1. The van der Waals surface area contributed by atoms with E-state index in [1.54, 1.807) is 12.1 Å². The van der Waals surface area contributed by atoms with E-state index < -0.39 is 35.1 Å². The van der Waals surface area contributed by atoms with Crippen molar-refractivity contribution in [2.45, 2.75) is 32.1 Å². The van der Waals surface area contributed by atoms with Crippen molar-refractivity contribution in [3.63, 3.8) is 0 Å². The number of carbonyl (C=O) groups excluding carboxylic acids is 1. The van der Waals surface area contributed by atoms with Gasteiger partial charge < -0.3 is 5.32 Å². The fraction of sp³-hybridized carbons (Fsp3) is 0.250. The van der Waals surface area contributed by atoms with Gasteiger partial charge in [-0.15, -0.1) is 11.3 Å². The highest BCUT2D eigenvalue weighted by atomic mass is 32.1. The smallest absolute Gasteiger partial charge is 0.321 e. The minimum Gasteiger partial charge on any atom is -0.321 e. The summed E-state index contributed by atoms with van der Waals surface area (Å²) in [7, 11) is 0. The van der Waals surface area contributed by atoms with Gasteiger partial charge in [0.05, 0.1) is 16.0 Å². The molecule has 0 saturated heterocycles. The van der Waals surface area contributed by atoms with Gasteiger partial charge in [-0.05, 0) is 41.6 Å². The number of aryl methyl sites for hydroxylation is 1. The number of anilines is 1. The number of hydrogen-bond donors (Lipinski definition) is 1. The van der Waals surface area contributed by atoms with Crippen molar-refractivity contribution < 1.29 is 31.1 Å². The largest absolute Gasteiger partial charge is 0.416 e. The lowest BCUT2D eigenvalue weighted by Gasteiger charge is -2.15. The number of amides is 1. The van der Waals surface area contributed by atoms with E-state index >= 15 is 0 Å². The van der Waals surface area contributed by atoms with E-state index in [9.17, 15) is 31.1 Å². The molecule has 0 radical (unpaired) electrons. The van der Waals surface area contributed by atoms with Crippen LogP contribution in [0.25, 0.3) is 10.1 Å². The SMILES string of the molecule is CCCc1c(C(=O)Nc2cc(C(F)(F)F)cc(C(F)(F)F)c2)sc2ccccc12. The first-order chi connectivity index (χ1) is 13.5. The second kappa shape index (κ2) is 7.70. The zero-order valence-electron chi connectivity index (χ0n) is 15.0. The highest BCUT2D eigenvalue weighted by Crippen LogP contribution is 2.38. The molecule has 1 N–H and O–H groups in total. The maximum atomic E-state index is 13.0. The summed E-state index contributed by atoms with van der Waals surface area (Å²) in [5, 5.41) is 3.07. The molecule has 0 unspecified atom stereocenters. The summed E-state index contributed by atoms with van der Waals surface area (Å²) in [4.78, 5) is 13.0. The van der Waals surface area contributed by atoms with Crippen LogP contribution in [0.3, 0.4) is 0 Å². The van der Waals surface area contributed by atoms with Crippen LogP contribution in [0.1, 0.15) is 39.7 Å². The molecule has 9 heteroatoms. The van der Waals surface area contributed by atoms with Crippen LogP contribution in [0.4, 0.5) is 32.0 Å². The van der Waals surface area contributed by atoms with Gasteiger partial charge in [0.25, 0.3) is 5.91 Å². The van der Waals surface area contributed by atoms with E-state index in [4.69, 9.17) is 0 Å². The second-order valence-corrected chi connectivity index (χ2v) is 7.46. The number of nitrogens with one attached hydrogen (secondary N) is 1. The van der Waals surface area contributed by atoms with Gasteiger partial charge in [0.2, 0.25) is 0 Å². The number of alkyl halides is 6. The van der Waals surface area contributed by atoms with Gasteiger partial charge in [-0.2, -0.15) is 26.3 Å². The quantitative estimate of drug-likeness (QED) is 0.437. The molecule has 1 amide bonds. The van der Waals surface area contributed by atoms with Crippen molar-refractivity contribution in [1.29, 1.82) is 0 Å². The summed E-state index contributed by atoms with van der Waals surface area (Å²) in [6.45, 7) is 1.91. The fourth-order valence-electron chi connectivity index (χ4n) is 3.00. The van der Waals surface area contributed by atoms with Crippen LogP contribution >= 0.6 is 11.3 Å². The van der Waals surface area contributed by atoms with Crippen LogP contribution in [-0.4, -0.2) is 5.91 Å². The van der Waals surface area contributed by atoms with Gasteiger partial charge in [0.1, 0.15) is 0 Å². The van der Waals surface area contributed by atoms with E-state index in [0.29, 0.717) is 18.6 Å². The lowest BCUT2D eigenvalue weighted by atomic mass is 10.1. The van der Waals surface area contributed by atoms with Crippen molar-refractivity contribution in [3.05, 3.63) is 64.0 Å². The molecule has 0 aliphatic carbocycles. The minimum atomic E-state index is -4.98. The molecule has 0 aliphatic heterocycles. The highest BCUT2D eigenvalue weighted by molar-refractivity contribution is 7.21. The third-order valence-electron chi connectivity index (χ3n) is 4.25. The first kappa shape index (κ1) is 21.2. The average molecular weight is 431 g/mol. The Bertz CT molecular complexity index is 1020.